The molecule has 0 aromatic heterocycles. The van der Waals surface area contributed by atoms with Crippen LogP contribution in [0.4, 0.5) is 4.39 Å². The van der Waals surface area contributed by atoms with Gasteiger partial charge in [-0.25, -0.2) is 4.39 Å². The summed E-state index contributed by atoms with van der Waals surface area (Å²) in [6.45, 7) is 2.54. The third-order valence-corrected chi connectivity index (χ3v) is 5.45. The molecule has 2 amide bonds. The van der Waals surface area contributed by atoms with Gasteiger partial charge in [0.1, 0.15) is 5.82 Å². The number of hydrazine groups is 1. The topological polar surface area (TPSA) is 76.7 Å². The standard InChI is InChI=1S/C23H27FN2O4/c1-3-13-30-19-10-9-16(14-20(19)29-2)21(27)25-26-22(28)23(11-4-5-12-23)17-7-6-8-18(24)15-17/h6-10,14-15H,3-5,11-13H2,1-2H3,(H,25,27)(H,26,28). The van der Waals surface area contributed by atoms with Crippen molar-refractivity contribution in [3.05, 3.63) is 59.4 Å². The van der Waals surface area contributed by atoms with E-state index in [4.69, 9.17) is 9.47 Å². The molecule has 2 aromatic carbocycles. The van der Waals surface area contributed by atoms with Crippen molar-refractivity contribution >= 4 is 11.8 Å². The maximum absolute atomic E-state index is 13.7. The summed E-state index contributed by atoms with van der Waals surface area (Å²) in [5, 5.41) is 0. The average molecular weight is 414 g/mol. The first kappa shape index (κ1) is 21.6. The highest BCUT2D eigenvalue weighted by Gasteiger charge is 2.43. The zero-order valence-electron chi connectivity index (χ0n) is 17.3. The van der Waals surface area contributed by atoms with Gasteiger partial charge >= 0.3 is 0 Å². The molecule has 1 aliphatic carbocycles. The molecular formula is C23H27FN2O4. The van der Waals surface area contributed by atoms with Crippen LogP contribution in [0.5, 0.6) is 11.5 Å². The van der Waals surface area contributed by atoms with E-state index in [0.717, 1.165) is 19.3 Å². The Morgan fingerprint density at radius 3 is 2.50 bits per heavy atom. The third-order valence-electron chi connectivity index (χ3n) is 5.45. The number of methoxy groups -OCH3 is 1. The van der Waals surface area contributed by atoms with Crippen LogP contribution in [0, 0.1) is 5.82 Å². The van der Waals surface area contributed by atoms with Gasteiger partial charge < -0.3 is 9.47 Å². The number of carbonyl (C=O) groups excluding carboxylic acids is 2. The highest BCUT2D eigenvalue weighted by molar-refractivity contribution is 5.97. The van der Waals surface area contributed by atoms with Crippen molar-refractivity contribution in [3.8, 4) is 11.5 Å². The molecule has 0 bridgehead atoms. The lowest BCUT2D eigenvalue weighted by atomic mass is 9.78. The molecule has 0 saturated heterocycles. The van der Waals surface area contributed by atoms with Gasteiger partial charge in [0.15, 0.2) is 11.5 Å². The number of carbonyl (C=O) groups is 2. The molecular weight excluding hydrogens is 387 g/mol. The Morgan fingerprint density at radius 1 is 1.07 bits per heavy atom. The third kappa shape index (κ3) is 4.56. The van der Waals surface area contributed by atoms with Crippen LogP contribution in [-0.4, -0.2) is 25.5 Å². The molecule has 1 fully saturated rings. The van der Waals surface area contributed by atoms with E-state index in [1.807, 2.05) is 6.92 Å². The van der Waals surface area contributed by atoms with Gasteiger partial charge in [0, 0.05) is 5.56 Å². The van der Waals surface area contributed by atoms with Gasteiger partial charge in [0.25, 0.3) is 5.91 Å². The molecule has 7 heteroatoms. The Morgan fingerprint density at radius 2 is 1.83 bits per heavy atom. The zero-order valence-corrected chi connectivity index (χ0v) is 17.3. The second-order valence-corrected chi connectivity index (χ2v) is 7.42. The molecule has 0 heterocycles. The minimum absolute atomic E-state index is 0.322. The van der Waals surface area contributed by atoms with Crippen molar-refractivity contribution < 1.29 is 23.5 Å². The zero-order chi connectivity index (χ0) is 21.6. The molecule has 1 aliphatic rings. The summed E-state index contributed by atoms with van der Waals surface area (Å²) in [5.41, 5.74) is 5.11. The average Bonchev–Trinajstić information content (AvgIpc) is 3.27. The lowest BCUT2D eigenvalue weighted by Crippen LogP contribution is -2.50. The first-order valence-electron chi connectivity index (χ1n) is 10.2. The smallest absolute Gasteiger partial charge is 0.269 e. The van der Waals surface area contributed by atoms with E-state index < -0.39 is 11.3 Å². The van der Waals surface area contributed by atoms with E-state index in [1.54, 1.807) is 30.3 Å². The first-order chi connectivity index (χ1) is 14.5. The fourth-order valence-corrected chi connectivity index (χ4v) is 3.86. The summed E-state index contributed by atoms with van der Waals surface area (Å²) >= 11 is 0. The molecule has 0 radical (unpaired) electrons. The summed E-state index contributed by atoms with van der Waals surface area (Å²) in [6, 6.07) is 10.9. The summed E-state index contributed by atoms with van der Waals surface area (Å²) in [7, 11) is 1.50. The Hall–Kier alpha value is -3.09. The van der Waals surface area contributed by atoms with Crippen LogP contribution in [0.15, 0.2) is 42.5 Å². The van der Waals surface area contributed by atoms with Crippen LogP contribution in [0.25, 0.3) is 0 Å². The maximum Gasteiger partial charge on any atom is 0.269 e. The van der Waals surface area contributed by atoms with Crippen molar-refractivity contribution in [1.29, 1.82) is 0 Å². The van der Waals surface area contributed by atoms with Gasteiger partial charge in [-0.3, -0.25) is 20.4 Å². The van der Waals surface area contributed by atoms with Gasteiger partial charge in [-0.2, -0.15) is 0 Å². The van der Waals surface area contributed by atoms with Crippen molar-refractivity contribution in [2.24, 2.45) is 0 Å². The van der Waals surface area contributed by atoms with E-state index in [9.17, 15) is 14.0 Å². The molecule has 6 nitrogen and oxygen atoms in total. The SMILES string of the molecule is CCCOc1ccc(C(=O)NNC(=O)C2(c3cccc(F)c3)CCCC2)cc1OC. The normalized spacial score (nSPS) is 14.8. The van der Waals surface area contributed by atoms with E-state index in [-0.39, 0.29) is 11.7 Å². The lowest BCUT2D eigenvalue weighted by Gasteiger charge is -2.28. The number of rotatable bonds is 7. The maximum atomic E-state index is 13.7. The Labute approximate surface area is 175 Å². The summed E-state index contributed by atoms with van der Waals surface area (Å²) in [4.78, 5) is 25.6. The van der Waals surface area contributed by atoms with Gasteiger partial charge in [-0.05, 0) is 55.2 Å². The molecule has 0 atom stereocenters. The first-order valence-corrected chi connectivity index (χ1v) is 10.2. The minimum Gasteiger partial charge on any atom is -0.493 e. The van der Waals surface area contributed by atoms with Gasteiger partial charge in [0.2, 0.25) is 5.91 Å². The van der Waals surface area contributed by atoms with Crippen molar-refractivity contribution in [2.45, 2.75) is 44.4 Å². The number of halogens is 1. The predicted molar refractivity (Wildman–Crippen MR) is 111 cm³/mol. The number of nitrogens with one attached hydrogen (secondary N) is 2. The van der Waals surface area contributed by atoms with Crippen LogP contribution >= 0.6 is 0 Å². The monoisotopic (exact) mass is 414 g/mol. The van der Waals surface area contributed by atoms with Crippen LogP contribution in [-0.2, 0) is 10.2 Å². The van der Waals surface area contributed by atoms with Crippen LogP contribution in [0.1, 0.15) is 54.9 Å². The highest BCUT2D eigenvalue weighted by atomic mass is 19.1. The van der Waals surface area contributed by atoms with Crippen LogP contribution < -0.4 is 20.3 Å². The molecule has 0 spiro atoms. The van der Waals surface area contributed by atoms with Gasteiger partial charge in [0.05, 0.1) is 19.1 Å². The van der Waals surface area contributed by atoms with E-state index in [2.05, 4.69) is 10.9 Å². The fourth-order valence-electron chi connectivity index (χ4n) is 3.86. The summed E-state index contributed by atoms with van der Waals surface area (Å²) in [6.07, 6.45) is 3.80. The second kappa shape index (κ2) is 9.61. The van der Waals surface area contributed by atoms with E-state index >= 15 is 0 Å². The van der Waals surface area contributed by atoms with Crippen molar-refractivity contribution in [2.75, 3.05) is 13.7 Å². The molecule has 3 rings (SSSR count). The molecule has 2 aromatic rings. The Bertz CT molecular complexity index is 910. The van der Waals surface area contributed by atoms with Gasteiger partial charge in [-0.15, -0.1) is 0 Å². The van der Waals surface area contributed by atoms with E-state index in [1.165, 1.54) is 19.2 Å². The predicted octanol–water partition coefficient (Wildman–Crippen LogP) is 3.90. The number of hydrogen-bond acceptors (Lipinski definition) is 4. The number of hydrogen-bond donors (Lipinski definition) is 2. The Balaban J connectivity index is 1.71. The van der Waals surface area contributed by atoms with Crippen LogP contribution in [0.2, 0.25) is 0 Å². The quantitative estimate of drug-likeness (QED) is 0.674. The Kier molecular flexibility index (Phi) is 6.92. The summed E-state index contributed by atoms with van der Waals surface area (Å²) in [5.74, 6) is -0.205. The largest absolute Gasteiger partial charge is 0.493 e. The molecule has 160 valence electrons. The van der Waals surface area contributed by atoms with Crippen LogP contribution in [0.3, 0.4) is 0 Å². The fraction of sp³-hybridized carbons (Fsp3) is 0.391. The molecule has 30 heavy (non-hydrogen) atoms. The van der Waals surface area contributed by atoms with Crippen molar-refractivity contribution in [3.63, 3.8) is 0 Å². The molecule has 0 aliphatic heterocycles. The molecule has 2 N–H and O–H groups in total. The minimum atomic E-state index is -0.842. The molecule has 1 saturated carbocycles. The number of benzene rings is 2. The number of amides is 2. The number of ether oxygens (including phenoxy) is 2. The lowest BCUT2D eigenvalue weighted by molar-refractivity contribution is -0.127. The highest BCUT2D eigenvalue weighted by Crippen LogP contribution is 2.41. The van der Waals surface area contributed by atoms with Gasteiger partial charge in [-0.1, -0.05) is 31.9 Å². The van der Waals surface area contributed by atoms with E-state index in [0.29, 0.717) is 42.1 Å². The summed E-state index contributed by atoms with van der Waals surface area (Å²) < 4.78 is 24.6. The molecule has 0 unspecified atom stereocenters. The second-order valence-electron chi connectivity index (χ2n) is 7.42. The van der Waals surface area contributed by atoms with Crippen molar-refractivity contribution in [1.82, 2.24) is 10.9 Å².